The Labute approximate surface area is 179 Å². The lowest BCUT2D eigenvalue weighted by Crippen LogP contribution is -2.46. The van der Waals surface area contributed by atoms with Gasteiger partial charge in [-0.1, -0.05) is 12.1 Å². The molecule has 2 aromatic carbocycles. The molecule has 1 atom stereocenters. The molecule has 3 aromatic rings. The van der Waals surface area contributed by atoms with Gasteiger partial charge in [-0.25, -0.2) is 4.98 Å². The van der Waals surface area contributed by atoms with Gasteiger partial charge in [0.2, 0.25) is 5.91 Å². The van der Waals surface area contributed by atoms with E-state index in [0.717, 1.165) is 5.56 Å². The van der Waals surface area contributed by atoms with Crippen LogP contribution in [0.1, 0.15) is 11.1 Å². The van der Waals surface area contributed by atoms with Crippen molar-refractivity contribution in [1.82, 2.24) is 10.3 Å². The van der Waals surface area contributed by atoms with Crippen molar-refractivity contribution in [3.8, 4) is 17.6 Å². The van der Waals surface area contributed by atoms with Gasteiger partial charge < -0.3 is 14.8 Å². The Morgan fingerprint density at radius 3 is 2.55 bits per heavy atom. The minimum atomic E-state index is -0.0790. The van der Waals surface area contributed by atoms with Crippen LogP contribution in [0.4, 0.5) is 11.5 Å². The molecule has 0 saturated carbocycles. The van der Waals surface area contributed by atoms with Gasteiger partial charge >= 0.3 is 0 Å². The van der Waals surface area contributed by atoms with Crippen molar-refractivity contribution in [2.75, 3.05) is 13.2 Å². The van der Waals surface area contributed by atoms with E-state index in [0.29, 0.717) is 35.8 Å². The van der Waals surface area contributed by atoms with E-state index in [1.165, 1.54) is 0 Å². The lowest BCUT2D eigenvalue weighted by Gasteiger charge is -2.23. The average molecular weight is 413 g/mol. The highest BCUT2D eigenvalue weighted by molar-refractivity contribution is 5.78. The SMILES string of the molecule is N#Cc1cccnc1N=Nc1ccc(Oc2ccc(CC3COCC(=O)N3)cc2)cc1. The van der Waals surface area contributed by atoms with Crippen LogP contribution in [0.15, 0.2) is 77.1 Å². The van der Waals surface area contributed by atoms with Gasteiger partial charge in [0.15, 0.2) is 5.82 Å². The first kappa shape index (κ1) is 20.2. The van der Waals surface area contributed by atoms with Gasteiger partial charge in [-0.05, 0) is 60.5 Å². The summed E-state index contributed by atoms with van der Waals surface area (Å²) in [6.07, 6.45) is 2.27. The summed E-state index contributed by atoms with van der Waals surface area (Å²) in [7, 11) is 0. The number of benzene rings is 2. The van der Waals surface area contributed by atoms with Crippen LogP contribution in [0.2, 0.25) is 0 Å². The Bertz CT molecular complexity index is 1120. The number of nitrogens with one attached hydrogen (secondary N) is 1. The number of carbonyl (C=O) groups is 1. The van der Waals surface area contributed by atoms with Crippen molar-refractivity contribution >= 4 is 17.4 Å². The topological polar surface area (TPSA) is 109 Å². The summed E-state index contributed by atoms with van der Waals surface area (Å²) in [6.45, 7) is 0.652. The summed E-state index contributed by atoms with van der Waals surface area (Å²) < 4.78 is 11.1. The quantitative estimate of drug-likeness (QED) is 0.609. The molecule has 1 fully saturated rings. The Balaban J connectivity index is 1.35. The molecule has 1 N–H and O–H groups in total. The van der Waals surface area contributed by atoms with Crippen LogP contribution in [0.3, 0.4) is 0 Å². The van der Waals surface area contributed by atoms with Crippen LogP contribution < -0.4 is 10.1 Å². The predicted octanol–water partition coefficient (Wildman–Crippen LogP) is 4.22. The minimum Gasteiger partial charge on any atom is -0.457 e. The molecule has 1 aromatic heterocycles. The van der Waals surface area contributed by atoms with Gasteiger partial charge in [-0.3, -0.25) is 4.79 Å². The van der Waals surface area contributed by atoms with Crippen LogP contribution >= 0.6 is 0 Å². The molecule has 1 amide bonds. The van der Waals surface area contributed by atoms with Gasteiger partial charge in [0.1, 0.15) is 24.2 Å². The standard InChI is InChI=1S/C23H19N5O3/c24-13-17-2-1-11-25-23(17)28-27-18-5-9-21(10-6-18)31-20-7-3-16(4-8-20)12-19-14-30-15-22(29)26-19/h1-11,19H,12,14-15H2,(H,26,29). The average Bonchev–Trinajstić information content (AvgIpc) is 2.80. The molecule has 8 nitrogen and oxygen atoms in total. The molecular formula is C23H19N5O3. The fourth-order valence-corrected chi connectivity index (χ4v) is 3.08. The van der Waals surface area contributed by atoms with Gasteiger partial charge in [0.25, 0.3) is 0 Å². The first-order chi connectivity index (χ1) is 15.2. The molecule has 1 aliphatic rings. The van der Waals surface area contributed by atoms with Crippen LogP contribution in [-0.2, 0) is 16.0 Å². The van der Waals surface area contributed by atoms with Crippen molar-refractivity contribution in [1.29, 1.82) is 5.26 Å². The number of ether oxygens (including phenoxy) is 2. The number of hydrogen-bond donors (Lipinski definition) is 1. The Hall–Kier alpha value is -4.09. The van der Waals surface area contributed by atoms with Crippen molar-refractivity contribution in [2.45, 2.75) is 12.5 Å². The van der Waals surface area contributed by atoms with Gasteiger partial charge in [0.05, 0.1) is 23.9 Å². The van der Waals surface area contributed by atoms with E-state index in [1.807, 2.05) is 30.3 Å². The maximum absolute atomic E-state index is 11.4. The summed E-state index contributed by atoms with van der Waals surface area (Å²) in [5, 5.41) is 20.2. The minimum absolute atomic E-state index is 0.00921. The van der Waals surface area contributed by atoms with Gasteiger partial charge in [-0.2, -0.15) is 5.26 Å². The molecule has 31 heavy (non-hydrogen) atoms. The number of nitriles is 1. The molecule has 8 heteroatoms. The molecule has 0 aliphatic carbocycles. The van der Waals surface area contributed by atoms with Gasteiger partial charge in [-0.15, -0.1) is 10.2 Å². The Morgan fingerprint density at radius 2 is 1.84 bits per heavy atom. The number of azo groups is 1. The van der Waals surface area contributed by atoms with Crippen molar-refractivity contribution in [3.63, 3.8) is 0 Å². The zero-order valence-corrected chi connectivity index (χ0v) is 16.6. The first-order valence-electron chi connectivity index (χ1n) is 9.70. The number of carbonyl (C=O) groups excluding carboxylic acids is 1. The van der Waals surface area contributed by atoms with E-state index in [4.69, 9.17) is 14.7 Å². The fraction of sp³-hybridized carbons (Fsp3) is 0.174. The summed E-state index contributed by atoms with van der Waals surface area (Å²) in [6, 6.07) is 20.2. The van der Waals surface area contributed by atoms with Crippen molar-refractivity contribution in [2.24, 2.45) is 10.2 Å². The number of morpholine rings is 1. The number of pyridine rings is 1. The summed E-state index contributed by atoms with van der Waals surface area (Å²) in [5.41, 5.74) is 2.08. The van der Waals surface area contributed by atoms with E-state index in [1.54, 1.807) is 42.6 Å². The molecule has 0 bridgehead atoms. The lowest BCUT2D eigenvalue weighted by atomic mass is 10.1. The molecule has 1 aliphatic heterocycles. The van der Waals surface area contributed by atoms with E-state index >= 15 is 0 Å². The maximum atomic E-state index is 11.4. The maximum Gasteiger partial charge on any atom is 0.246 e. The highest BCUT2D eigenvalue weighted by atomic mass is 16.5. The van der Waals surface area contributed by atoms with Crippen molar-refractivity contribution < 1.29 is 14.3 Å². The number of nitrogens with zero attached hydrogens (tertiary/aromatic N) is 4. The monoisotopic (exact) mass is 413 g/mol. The number of hydrogen-bond acceptors (Lipinski definition) is 7. The van der Waals surface area contributed by atoms with Gasteiger partial charge in [0, 0.05) is 6.20 Å². The highest BCUT2D eigenvalue weighted by Crippen LogP contribution is 2.26. The second-order valence-corrected chi connectivity index (χ2v) is 6.91. The van der Waals surface area contributed by atoms with Crippen LogP contribution in [0, 0.1) is 11.3 Å². The van der Waals surface area contributed by atoms with Crippen LogP contribution in [0.25, 0.3) is 0 Å². The molecule has 154 valence electrons. The Kier molecular flexibility index (Phi) is 6.26. The third kappa shape index (κ3) is 5.50. The third-order valence-electron chi connectivity index (χ3n) is 4.56. The Morgan fingerprint density at radius 1 is 1.10 bits per heavy atom. The number of rotatable bonds is 6. The molecular weight excluding hydrogens is 394 g/mol. The first-order valence-corrected chi connectivity index (χ1v) is 9.70. The van der Waals surface area contributed by atoms with E-state index in [9.17, 15) is 4.79 Å². The number of amides is 1. The third-order valence-corrected chi connectivity index (χ3v) is 4.56. The second kappa shape index (κ2) is 9.61. The van der Waals surface area contributed by atoms with E-state index in [2.05, 4.69) is 20.5 Å². The zero-order chi connectivity index (χ0) is 21.5. The van der Waals surface area contributed by atoms with E-state index < -0.39 is 0 Å². The van der Waals surface area contributed by atoms with Crippen LogP contribution in [-0.4, -0.2) is 30.1 Å². The van der Waals surface area contributed by atoms with Crippen LogP contribution in [0.5, 0.6) is 11.5 Å². The molecule has 4 rings (SSSR count). The zero-order valence-electron chi connectivity index (χ0n) is 16.6. The normalized spacial score (nSPS) is 16.0. The summed E-state index contributed by atoms with van der Waals surface area (Å²) in [5.74, 6) is 1.57. The summed E-state index contributed by atoms with van der Waals surface area (Å²) in [4.78, 5) is 15.5. The fourth-order valence-electron chi connectivity index (χ4n) is 3.08. The number of aromatic nitrogens is 1. The largest absolute Gasteiger partial charge is 0.457 e. The summed E-state index contributed by atoms with van der Waals surface area (Å²) >= 11 is 0. The molecule has 0 radical (unpaired) electrons. The highest BCUT2D eigenvalue weighted by Gasteiger charge is 2.18. The smallest absolute Gasteiger partial charge is 0.246 e. The van der Waals surface area contributed by atoms with E-state index in [-0.39, 0.29) is 24.4 Å². The molecule has 1 unspecified atom stereocenters. The molecule has 1 saturated heterocycles. The van der Waals surface area contributed by atoms with Crippen molar-refractivity contribution in [3.05, 3.63) is 78.0 Å². The lowest BCUT2D eigenvalue weighted by molar-refractivity contribution is -0.131. The molecule has 0 spiro atoms. The second-order valence-electron chi connectivity index (χ2n) is 6.91. The predicted molar refractivity (Wildman–Crippen MR) is 113 cm³/mol. The molecule has 2 heterocycles.